The van der Waals surface area contributed by atoms with E-state index < -0.39 is 5.91 Å². The van der Waals surface area contributed by atoms with Gasteiger partial charge in [-0.1, -0.05) is 17.7 Å². The number of nitrogens with one attached hydrogen (secondary N) is 1. The molecule has 0 bridgehead atoms. The number of hydrogen-bond donors (Lipinski definition) is 1. The minimum Gasteiger partial charge on any atom is -0.452 e. The van der Waals surface area contributed by atoms with Crippen LogP contribution in [0.25, 0.3) is 0 Å². The number of aromatic nitrogens is 1. The number of nitrogens with zero attached hydrogens (tertiary/aromatic N) is 1. The molecule has 1 N–H and O–H groups in total. The highest BCUT2D eigenvalue weighted by atomic mass is 35.5. The summed E-state index contributed by atoms with van der Waals surface area (Å²) in [5.41, 5.74) is 0.253. The number of furan rings is 1. The van der Waals surface area contributed by atoms with Crippen molar-refractivity contribution in [1.82, 2.24) is 4.98 Å². The Morgan fingerprint density at radius 3 is 2.75 bits per heavy atom. The van der Waals surface area contributed by atoms with Gasteiger partial charge in [-0.2, -0.15) is 0 Å². The minimum atomic E-state index is -0.395. The molecule has 2 heterocycles. The number of carbonyl (C=O) groups is 1. The van der Waals surface area contributed by atoms with Gasteiger partial charge in [0.25, 0.3) is 5.91 Å². The van der Waals surface area contributed by atoms with Crippen LogP contribution in [0, 0.1) is 0 Å². The third-order valence-corrected chi connectivity index (χ3v) is 2.32. The summed E-state index contributed by atoms with van der Waals surface area (Å²) in [5.74, 6) is -0.0386. The molecule has 0 aliphatic carbocycles. The van der Waals surface area contributed by atoms with E-state index in [4.69, 9.17) is 27.6 Å². The molecule has 0 radical (unpaired) electrons. The van der Waals surface area contributed by atoms with Gasteiger partial charge in [0.1, 0.15) is 11.0 Å². The van der Waals surface area contributed by atoms with Gasteiger partial charge in [-0.15, -0.1) is 0 Å². The van der Waals surface area contributed by atoms with Gasteiger partial charge >= 0.3 is 0 Å². The van der Waals surface area contributed by atoms with Gasteiger partial charge in [0.05, 0.1) is 11.8 Å². The first kappa shape index (κ1) is 11.0. The van der Waals surface area contributed by atoms with Gasteiger partial charge in [-0.3, -0.25) is 4.79 Å². The number of rotatable bonds is 2. The summed E-state index contributed by atoms with van der Waals surface area (Å²) in [7, 11) is 0. The average molecular weight is 257 g/mol. The maximum Gasteiger partial charge on any atom is 0.261 e. The molecular formula is C10H6Cl2N2O2. The number of carbonyl (C=O) groups excluding carboxylic acids is 1. The Labute approximate surface area is 101 Å². The lowest BCUT2D eigenvalue weighted by Gasteiger charge is -2.02. The number of anilines is 1. The monoisotopic (exact) mass is 256 g/mol. The van der Waals surface area contributed by atoms with E-state index in [1.807, 2.05) is 0 Å². The fourth-order valence-electron chi connectivity index (χ4n) is 1.12. The molecule has 0 spiro atoms. The molecule has 2 aromatic heterocycles. The van der Waals surface area contributed by atoms with E-state index in [0.717, 1.165) is 0 Å². The van der Waals surface area contributed by atoms with Crippen LogP contribution in [0.4, 0.5) is 5.82 Å². The van der Waals surface area contributed by atoms with Crippen LogP contribution in [0.1, 0.15) is 10.4 Å². The van der Waals surface area contributed by atoms with Crippen molar-refractivity contribution >= 4 is 34.9 Å². The van der Waals surface area contributed by atoms with Crippen LogP contribution < -0.4 is 5.32 Å². The SMILES string of the molecule is O=C(Nc1cccc(Cl)n1)c1ccoc1Cl. The summed E-state index contributed by atoms with van der Waals surface area (Å²) in [5, 5.41) is 2.89. The Morgan fingerprint density at radius 1 is 1.31 bits per heavy atom. The zero-order valence-corrected chi connectivity index (χ0v) is 9.42. The number of hydrogen-bond acceptors (Lipinski definition) is 3. The second kappa shape index (κ2) is 4.55. The molecule has 6 heteroatoms. The highest BCUT2D eigenvalue weighted by Crippen LogP contribution is 2.18. The van der Waals surface area contributed by atoms with Gasteiger partial charge < -0.3 is 9.73 Å². The zero-order valence-electron chi connectivity index (χ0n) is 7.91. The Hall–Kier alpha value is -1.52. The Bertz CT molecular complexity index is 525. The summed E-state index contributed by atoms with van der Waals surface area (Å²) in [6.45, 7) is 0. The quantitative estimate of drug-likeness (QED) is 0.840. The highest BCUT2D eigenvalue weighted by Gasteiger charge is 2.13. The molecule has 0 aliphatic heterocycles. The summed E-state index contributed by atoms with van der Waals surface area (Å²) < 4.78 is 4.81. The van der Waals surface area contributed by atoms with E-state index in [-0.39, 0.29) is 10.8 Å². The van der Waals surface area contributed by atoms with Crippen molar-refractivity contribution in [2.24, 2.45) is 0 Å². The molecule has 16 heavy (non-hydrogen) atoms. The molecule has 0 saturated heterocycles. The molecule has 0 atom stereocenters. The number of amides is 1. The molecule has 1 amide bonds. The highest BCUT2D eigenvalue weighted by molar-refractivity contribution is 6.32. The van der Waals surface area contributed by atoms with Gasteiger partial charge in [0.15, 0.2) is 0 Å². The summed E-state index contributed by atoms with van der Waals surface area (Å²) in [6, 6.07) is 6.39. The third-order valence-electron chi connectivity index (χ3n) is 1.82. The van der Waals surface area contributed by atoms with Crippen LogP contribution in [-0.4, -0.2) is 10.9 Å². The van der Waals surface area contributed by atoms with Crippen molar-refractivity contribution in [1.29, 1.82) is 0 Å². The fraction of sp³-hybridized carbons (Fsp3) is 0. The van der Waals surface area contributed by atoms with Gasteiger partial charge in [0.2, 0.25) is 5.22 Å². The molecule has 0 unspecified atom stereocenters. The van der Waals surface area contributed by atoms with Gasteiger partial charge in [0, 0.05) is 0 Å². The number of pyridine rings is 1. The lowest BCUT2D eigenvalue weighted by atomic mass is 10.3. The Kier molecular flexibility index (Phi) is 3.12. The van der Waals surface area contributed by atoms with E-state index in [1.165, 1.54) is 12.3 Å². The predicted octanol–water partition coefficient (Wildman–Crippen LogP) is 3.23. The lowest BCUT2D eigenvalue weighted by Crippen LogP contribution is -2.12. The van der Waals surface area contributed by atoms with E-state index in [1.54, 1.807) is 18.2 Å². The van der Waals surface area contributed by atoms with E-state index >= 15 is 0 Å². The molecule has 82 valence electrons. The molecule has 0 aliphatic rings. The Balaban J connectivity index is 2.17. The average Bonchev–Trinajstić information content (AvgIpc) is 2.64. The molecule has 0 fully saturated rings. The molecule has 2 aromatic rings. The molecule has 2 rings (SSSR count). The van der Waals surface area contributed by atoms with Crippen LogP contribution in [0.5, 0.6) is 0 Å². The standard InChI is InChI=1S/C10H6Cl2N2O2/c11-7-2-1-3-8(13-7)14-10(15)6-4-5-16-9(6)12/h1-5H,(H,13,14,15). The topological polar surface area (TPSA) is 55.1 Å². The van der Waals surface area contributed by atoms with Crippen molar-refractivity contribution in [3.63, 3.8) is 0 Å². The van der Waals surface area contributed by atoms with E-state index in [0.29, 0.717) is 11.0 Å². The smallest absolute Gasteiger partial charge is 0.261 e. The first-order valence-electron chi connectivity index (χ1n) is 4.34. The largest absolute Gasteiger partial charge is 0.452 e. The van der Waals surface area contributed by atoms with Crippen LogP contribution in [-0.2, 0) is 0 Å². The molecular weight excluding hydrogens is 251 g/mol. The number of halogens is 2. The van der Waals surface area contributed by atoms with Gasteiger partial charge in [-0.25, -0.2) is 4.98 Å². The maximum atomic E-state index is 11.7. The van der Waals surface area contributed by atoms with Crippen molar-refractivity contribution in [2.75, 3.05) is 5.32 Å². The summed E-state index contributed by atoms with van der Waals surface area (Å²) in [6.07, 6.45) is 1.34. The molecule has 4 nitrogen and oxygen atoms in total. The fourth-order valence-corrected chi connectivity index (χ4v) is 1.48. The minimum absolute atomic E-state index is 0.0412. The first-order chi connectivity index (χ1) is 7.66. The maximum absolute atomic E-state index is 11.7. The second-order valence-corrected chi connectivity index (χ2v) is 3.64. The van der Waals surface area contributed by atoms with Crippen LogP contribution in [0.3, 0.4) is 0 Å². The van der Waals surface area contributed by atoms with Crippen molar-refractivity contribution in [2.45, 2.75) is 0 Å². The zero-order chi connectivity index (χ0) is 11.5. The third kappa shape index (κ3) is 2.35. The summed E-state index contributed by atoms with van der Waals surface area (Å²) in [4.78, 5) is 15.6. The lowest BCUT2D eigenvalue weighted by molar-refractivity contribution is 0.102. The predicted molar refractivity (Wildman–Crippen MR) is 60.9 cm³/mol. The van der Waals surface area contributed by atoms with Crippen molar-refractivity contribution in [3.05, 3.63) is 46.5 Å². The molecule has 0 aromatic carbocycles. The van der Waals surface area contributed by atoms with Gasteiger partial charge in [-0.05, 0) is 29.8 Å². The second-order valence-electron chi connectivity index (χ2n) is 2.91. The van der Waals surface area contributed by atoms with Crippen LogP contribution >= 0.6 is 23.2 Å². The van der Waals surface area contributed by atoms with Crippen molar-refractivity contribution in [3.8, 4) is 0 Å². The first-order valence-corrected chi connectivity index (χ1v) is 5.09. The van der Waals surface area contributed by atoms with Crippen molar-refractivity contribution < 1.29 is 9.21 Å². The Morgan fingerprint density at radius 2 is 2.12 bits per heavy atom. The van der Waals surface area contributed by atoms with E-state index in [2.05, 4.69) is 10.3 Å². The molecule has 0 saturated carbocycles. The van der Waals surface area contributed by atoms with Crippen LogP contribution in [0.2, 0.25) is 10.4 Å². The summed E-state index contributed by atoms with van der Waals surface area (Å²) >= 11 is 11.3. The van der Waals surface area contributed by atoms with E-state index in [9.17, 15) is 4.79 Å². The normalized spacial score (nSPS) is 10.1. The van der Waals surface area contributed by atoms with Crippen LogP contribution in [0.15, 0.2) is 34.9 Å².